The standard InChI is InChI=1S/C29H38N9O5S2/c1-45(41,42)37-9-13-38(14-10-37,29(40)28(39)36-7-5-30-6-8-36)19-20-17-24-25(44-20)27(35-11-15-43-16-12-35)33-26(32-24)21-3-2-4-23-22(21)18-31-34-23/h2-4,17-18,29-30,40H,5-16,19H2,1H3,(H,31,34)/q+1. The molecule has 3 saturated heterocycles. The number of piperazine rings is 2. The second-order valence-corrected chi connectivity index (χ2v) is 15.1. The first-order chi connectivity index (χ1) is 21.7. The van der Waals surface area contributed by atoms with E-state index in [2.05, 4.69) is 20.4 Å². The van der Waals surface area contributed by atoms with Crippen LogP contribution in [0.3, 0.4) is 0 Å². The van der Waals surface area contributed by atoms with Gasteiger partial charge in [0.2, 0.25) is 10.0 Å². The van der Waals surface area contributed by atoms with Crippen molar-refractivity contribution in [1.29, 1.82) is 0 Å². The van der Waals surface area contributed by atoms with Crippen molar-refractivity contribution < 1.29 is 27.5 Å². The van der Waals surface area contributed by atoms with E-state index in [0.717, 1.165) is 37.4 Å². The van der Waals surface area contributed by atoms with Gasteiger partial charge in [0.1, 0.15) is 6.54 Å². The lowest BCUT2D eigenvalue weighted by Gasteiger charge is -2.47. The van der Waals surface area contributed by atoms with Crippen LogP contribution in [0.4, 0.5) is 5.82 Å². The zero-order valence-electron chi connectivity index (χ0n) is 25.2. The first kappa shape index (κ1) is 30.4. The maximum absolute atomic E-state index is 13.6. The molecule has 7 rings (SSSR count). The molecular formula is C29H38N9O5S2+. The maximum atomic E-state index is 13.6. The predicted molar refractivity (Wildman–Crippen MR) is 171 cm³/mol. The number of H-pyrrole nitrogens is 1. The number of sulfonamides is 1. The number of morpholine rings is 1. The van der Waals surface area contributed by atoms with E-state index in [1.807, 2.05) is 24.3 Å². The fourth-order valence-corrected chi connectivity index (χ4v) is 8.63. The number of thiophene rings is 1. The quantitative estimate of drug-likeness (QED) is 0.238. The number of nitrogens with zero attached hydrogens (tertiary/aromatic N) is 7. The molecule has 14 nitrogen and oxygen atoms in total. The van der Waals surface area contributed by atoms with Crippen molar-refractivity contribution in [2.45, 2.75) is 12.8 Å². The summed E-state index contributed by atoms with van der Waals surface area (Å²) in [6.45, 7) is 6.48. The molecule has 1 atom stereocenters. The van der Waals surface area contributed by atoms with Gasteiger partial charge >= 0.3 is 5.91 Å². The molecule has 0 spiro atoms. The highest BCUT2D eigenvalue weighted by Crippen LogP contribution is 2.38. The Bertz CT molecular complexity index is 1810. The van der Waals surface area contributed by atoms with Crippen LogP contribution in [-0.2, 0) is 26.1 Å². The number of anilines is 1. The minimum atomic E-state index is -3.40. The number of aliphatic hydroxyl groups excluding tert-OH is 1. The van der Waals surface area contributed by atoms with Crippen LogP contribution in [0.25, 0.3) is 32.5 Å². The fourth-order valence-electron chi connectivity index (χ4n) is 6.57. The number of rotatable bonds is 7. The first-order valence-corrected chi connectivity index (χ1v) is 17.9. The maximum Gasteiger partial charge on any atom is 0.310 e. The van der Waals surface area contributed by atoms with Gasteiger partial charge in [-0.25, -0.2) is 18.4 Å². The second kappa shape index (κ2) is 12.2. The van der Waals surface area contributed by atoms with Crippen molar-refractivity contribution in [3.63, 3.8) is 0 Å². The minimum absolute atomic E-state index is 0.0586. The number of hydrogen-bond acceptors (Lipinski definition) is 11. The van der Waals surface area contributed by atoms with Gasteiger partial charge in [0.25, 0.3) is 6.23 Å². The Balaban J connectivity index is 1.28. The van der Waals surface area contributed by atoms with E-state index in [0.29, 0.717) is 77.9 Å². The molecule has 1 aromatic carbocycles. The predicted octanol–water partition coefficient (Wildman–Crippen LogP) is 0.413. The third kappa shape index (κ3) is 5.91. The Labute approximate surface area is 265 Å². The molecule has 3 fully saturated rings. The Morgan fingerprint density at radius 1 is 1.11 bits per heavy atom. The molecule has 45 heavy (non-hydrogen) atoms. The summed E-state index contributed by atoms with van der Waals surface area (Å²) in [6, 6.07) is 7.96. The SMILES string of the molecule is CS(=O)(=O)N1CC[N+](Cc2cc3nc(-c4cccc5[nH]ncc45)nc(N4CCOCC4)c3s2)(C(O)C(=O)N2CCNCC2)CC1. The number of carbonyl (C=O) groups is 1. The third-order valence-corrected chi connectivity index (χ3v) is 11.5. The number of ether oxygens (including phenoxy) is 1. The van der Waals surface area contributed by atoms with Gasteiger partial charge in [-0.1, -0.05) is 12.1 Å². The van der Waals surface area contributed by atoms with Gasteiger partial charge in [-0.3, -0.25) is 14.4 Å². The summed E-state index contributed by atoms with van der Waals surface area (Å²) in [5.41, 5.74) is 2.57. The summed E-state index contributed by atoms with van der Waals surface area (Å²) in [5.74, 6) is 1.12. The van der Waals surface area contributed by atoms with Gasteiger partial charge in [-0.2, -0.15) is 9.40 Å². The topological polar surface area (TPSA) is 157 Å². The van der Waals surface area contributed by atoms with E-state index >= 15 is 0 Å². The Morgan fingerprint density at radius 3 is 2.60 bits per heavy atom. The van der Waals surface area contributed by atoms with Gasteiger partial charge < -0.3 is 25.0 Å². The van der Waals surface area contributed by atoms with Crippen molar-refractivity contribution in [2.24, 2.45) is 0 Å². The lowest BCUT2D eigenvalue weighted by atomic mass is 10.1. The number of benzene rings is 1. The highest BCUT2D eigenvalue weighted by Gasteiger charge is 2.46. The minimum Gasteiger partial charge on any atom is -0.378 e. The van der Waals surface area contributed by atoms with Crippen molar-refractivity contribution >= 4 is 54.2 Å². The number of aromatic nitrogens is 4. The molecule has 0 radical (unpaired) electrons. The van der Waals surface area contributed by atoms with Crippen LogP contribution in [-0.4, -0.2) is 144 Å². The van der Waals surface area contributed by atoms with Gasteiger partial charge in [-0.15, -0.1) is 11.3 Å². The zero-order valence-corrected chi connectivity index (χ0v) is 26.8. The number of nitrogens with one attached hydrogen (secondary N) is 2. The zero-order chi connectivity index (χ0) is 31.2. The van der Waals surface area contributed by atoms with Crippen LogP contribution >= 0.6 is 11.3 Å². The molecule has 240 valence electrons. The van der Waals surface area contributed by atoms with E-state index in [9.17, 15) is 18.3 Å². The van der Waals surface area contributed by atoms with Gasteiger partial charge in [0.15, 0.2) is 11.6 Å². The van der Waals surface area contributed by atoms with Gasteiger partial charge in [-0.05, 0) is 12.1 Å². The Morgan fingerprint density at radius 2 is 1.87 bits per heavy atom. The van der Waals surface area contributed by atoms with E-state index in [4.69, 9.17) is 14.7 Å². The van der Waals surface area contributed by atoms with Crippen LogP contribution in [0, 0.1) is 0 Å². The molecule has 3 aliphatic rings. The van der Waals surface area contributed by atoms with Crippen LogP contribution in [0.15, 0.2) is 30.5 Å². The normalized spacial score (nSPS) is 20.6. The molecule has 0 aliphatic carbocycles. The summed E-state index contributed by atoms with van der Waals surface area (Å²) < 4.78 is 32.8. The lowest BCUT2D eigenvalue weighted by molar-refractivity contribution is -0.976. The second-order valence-electron chi connectivity index (χ2n) is 12.0. The highest BCUT2D eigenvalue weighted by atomic mass is 32.2. The Kier molecular flexibility index (Phi) is 8.22. The van der Waals surface area contributed by atoms with Gasteiger partial charge in [0, 0.05) is 50.2 Å². The van der Waals surface area contributed by atoms with Crippen LogP contribution < -0.4 is 10.2 Å². The molecule has 3 aromatic heterocycles. The number of amides is 1. The number of aliphatic hydroxyl groups is 1. The molecule has 1 amide bonds. The van der Waals surface area contributed by atoms with E-state index < -0.39 is 16.3 Å². The third-order valence-electron chi connectivity index (χ3n) is 9.14. The molecule has 0 saturated carbocycles. The summed E-state index contributed by atoms with van der Waals surface area (Å²) >= 11 is 1.57. The van der Waals surface area contributed by atoms with Crippen LogP contribution in [0.1, 0.15) is 4.88 Å². The number of aromatic amines is 1. The van der Waals surface area contributed by atoms with Gasteiger partial charge in [0.05, 0.1) is 72.5 Å². The van der Waals surface area contributed by atoms with Crippen molar-refractivity contribution in [1.82, 2.24) is 34.7 Å². The van der Waals surface area contributed by atoms with Crippen molar-refractivity contribution in [3.05, 3.63) is 35.3 Å². The van der Waals surface area contributed by atoms with E-state index in [-0.39, 0.29) is 23.5 Å². The highest BCUT2D eigenvalue weighted by molar-refractivity contribution is 7.88. The van der Waals surface area contributed by atoms with E-state index in [1.165, 1.54) is 10.6 Å². The molecule has 4 aromatic rings. The number of hydrogen-bond donors (Lipinski definition) is 3. The molecule has 1 unspecified atom stereocenters. The van der Waals surface area contributed by atoms with Crippen LogP contribution in [0.5, 0.6) is 0 Å². The van der Waals surface area contributed by atoms with Crippen LogP contribution in [0.2, 0.25) is 0 Å². The summed E-state index contributed by atoms with van der Waals surface area (Å²) in [5, 5.41) is 23.2. The smallest absolute Gasteiger partial charge is 0.310 e. The average Bonchev–Trinajstić information content (AvgIpc) is 3.71. The monoisotopic (exact) mass is 656 g/mol. The number of fused-ring (bicyclic) bond motifs is 2. The summed E-state index contributed by atoms with van der Waals surface area (Å²) in [6.07, 6.45) is 1.68. The van der Waals surface area contributed by atoms with Crippen molar-refractivity contribution in [3.8, 4) is 11.4 Å². The molecule has 16 heteroatoms. The van der Waals surface area contributed by atoms with Crippen molar-refractivity contribution in [2.75, 3.05) is 89.8 Å². The number of carbonyl (C=O) groups excluding carboxylic acids is 1. The number of quaternary nitrogens is 1. The Hall–Kier alpha value is -3.25. The fraction of sp³-hybridized carbons (Fsp3) is 0.517. The molecule has 6 heterocycles. The molecule has 0 bridgehead atoms. The molecule has 3 N–H and O–H groups in total. The summed E-state index contributed by atoms with van der Waals surface area (Å²) in [7, 11) is -3.40. The average molecular weight is 657 g/mol. The summed E-state index contributed by atoms with van der Waals surface area (Å²) in [4.78, 5) is 28.7. The molecule has 3 aliphatic heterocycles. The first-order valence-electron chi connectivity index (χ1n) is 15.3. The van der Waals surface area contributed by atoms with E-state index in [1.54, 1.807) is 22.4 Å². The lowest BCUT2D eigenvalue weighted by Crippen LogP contribution is -2.68. The molecular weight excluding hydrogens is 619 g/mol. The largest absolute Gasteiger partial charge is 0.378 e.